The van der Waals surface area contributed by atoms with E-state index in [1.165, 1.54) is 205 Å². The summed E-state index contributed by atoms with van der Waals surface area (Å²) in [4.78, 5) is 12.5. The SMILES string of the molecule is CC/C=C\C/C=C\C/C=C\C/C=C\C/C=C\C/C=C\C/C=C\C/C=C\CCCCCCCCCCCCCCCCCCC(=O)NC(CO)C(O)/C=C/CCCCCCCCCCCCCCCCCCCC. The molecular formula is C69H121NO3. The largest absolute Gasteiger partial charge is 0.394 e. The first-order chi connectivity index (χ1) is 36.2. The zero-order valence-electron chi connectivity index (χ0n) is 48.4. The lowest BCUT2D eigenvalue weighted by atomic mass is 10.0. The van der Waals surface area contributed by atoms with E-state index in [-0.39, 0.29) is 12.5 Å². The zero-order valence-corrected chi connectivity index (χ0v) is 48.4. The molecule has 4 nitrogen and oxygen atoms in total. The Hall–Kier alpha value is -2.95. The molecule has 420 valence electrons. The number of hydrogen-bond donors (Lipinski definition) is 3. The molecule has 0 heterocycles. The van der Waals surface area contributed by atoms with E-state index < -0.39 is 12.1 Å². The van der Waals surface area contributed by atoms with Gasteiger partial charge in [-0.2, -0.15) is 0 Å². The highest BCUT2D eigenvalue weighted by molar-refractivity contribution is 5.76. The normalized spacial score (nSPS) is 13.5. The first-order valence-electron chi connectivity index (χ1n) is 31.6. The summed E-state index contributed by atoms with van der Waals surface area (Å²) < 4.78 is 0. The summed E-state index contributed by atoms with van der Waals surface area (Å²) in [5, 5.41) is 23.2. The van der Waals surface area contributed by atoms with Gasteiger partial charge < -0.3 is 15.5 Å². The molecule has 0 aliphatic heterocycles. The van der Waals surface area contributed by atoms with Crippen LogP contribution in [0, 0.1) is 0 Å². The van der Waals surface area contributed by atoms with Crippen LogP contribution in [0.5, 0.6) is 0 Å². The highest BCUT2D eigenvalue weighted by Crippen LogP contribution is 2.17. The van der Waals surface area contributed by atoms with Crippen LogP contribution in [0.4, 0.5) is 0 Å². The van der Waals surface area contributed by atoms with E-state index in [9.17, 15) is 15.0 Å². The lowest BCUT2D eigenvalue weighted by Crippen LogP contribution is -2.45. The van der Waals surface area contributed by atoms with Crippen LogP contribution < -0.4 is 5.32 Å². The highest BCUT2D eigenvalue weighted by Gasteiger charge is 2.18. The van der Waals surface area contributed by atoms with Crippen LogP contribution in [0.2, 0.25) is 0 Å². The molecule has 0 radical (unpaired) electrons. The molecule has 0 aromatic heterocycles. The third-order valence-corrected chi connectivity index (χ3v) is 14.0. The average Bonchev–Trinajstić information content (AvgIpc) is 3.40. The van der Waals surface area contributed by atoms with E-state index in [4.69, 9.17) is 0 Å². The van der Waals surface area contributed by atoms with E-state index >= 15 is 0 Å². The third kappa shape index (κ3) is 59.8. The van der Waals surface area contributed by atoms with E-state index in [0.717, 1.165) is 77.0 Å². The van der Waals surface area contributed by atoms with Gasteiger partial charge in [0.2, 0.25) is 5.91 Å². The Kier molecular flexibility index (Phi) is 60.8. The molecule has 0 fully saturated rings. The lowest BCUT2D eigenvalue weighted by molar-refractivity contribution is -0.123. The van der Waals surface area contributed by atoms with Crippen molar-refractivity contribution in [3.05, 3.63) is 109 Å². The molecule has 4 heteroatoms. The van der Waals surface area contributed by atoms with Crippen molar-refractivity contribution in [1.29, 1.82) is 0 Å². The minimum atomic E-state index is -0.844. The van der Waals surface area contributed by atoms with Gasteiger partial charge in [0.05, 0.1) is 18.8 Å². The van der Waals surface area contributed by atoms with Gasteiger partial charge in [0.15, 0.2) is 0 Å². The van der Waals surface area contributed by atoms with E-state index in [2.05, 4.69) is 116 Å². The first-order valence-corrected chi connectivity index (χ1v) is 31.6. The number of rotatable bonds is 57. The predicted octanol–water partition coefficient (Wildman–Crippen LogP) is 21.4. The number of hydrogen-bond acceptors (Lipinski definition) is 3. The second kappa shape index (κ2) is 63.3. The maximum absolute atomic E-state index is 12.5. The van der Waals surface area contributed by atoms with Crippen molar-refractivity contribution in [2.24, 2.45) is 0 Å². The van der Waals surface area contributed by atoms with E-state index in [1.54, 1.807) is 6.08 Å². The van der Waals surface area contributed by atoms with Crippen LogP contribution >= 0.6 is 0 Å². The number of carbonyl (C=O) groups excluding carboxylic acids is 1. The Morgan fingerprint density at radius 2 is 0.603 bits per heavy atom. The van der Waals surface area contributed by atoms with Gasteiger partial charge in [-0.15, -0.1) is 0 Å². The van der Waals surface area contributed by atoms with Crippen molar-refractivity contribution in [3.8, 4) is 0 Å². The minimum Gasteiger partial charge on any atom is -0.394 e. The Bertz CT molecular complexity index is 1380. The maximum atomic E-state index is 12.5. The summed E-state index contributed by atoms with van der Waals surface area (Å²) in [5.74, 6) is -0.0637. The van der Waals surface area contributed by atoms with Gasteiger partial charge in [0.1, 0.15) is 0 Å². The number of nitrogens with one attached hydrogen (secondary N) is 1. The predicted molar refractivity (Wildman–Crippen MR) is 326 cm³/mol. The topological polar surface area (TPSA) is 69.6 Å². The van der Waals surface area contributed by atoms with Crippen molar-refractivity contribution in [2.45, 2.75) is 315 Å². The number of unbranched alkanes of at least 4 members (excludes halogenated alkanes) is 34. The van der Waals surface area contributed by atoms with Gasteiger partial charge in [-0.25, -0.2) is 0 Å². The van der Waals surface area contributed by atoms with Gasteiger partial charge in [-0.05, 0) is 83.5 Å². The molecule has 0 bridgehead atoms. The number of allylic oxidation sites excluding steroid dienone is 17. The van der Waals surface area contributed by atoms with Gasteiger partial charge in [-0.3, -0.25) is 4.79 Å². The number of amides is 1. The summed E-state index contributed by atoms with van der Waals surface area (Å²) in [6.07, 6.45) is 95.6. The van der Waals surface area contributed by atoms with E-state index in [0.29, 0.717) is 6.42 Å². The molecule has 0 spiro atoms. The van der Waals surface area contributed by atoms with Crippen molar-refractivity contribution in [1.82, 2.24) is 5.32 Å². The Morgan fingerprint density at radius 1 is 0.342 bits per heavy atom. The summed E-state index contributed by atoms with van der Waals surface area (Å²) in [6.45, 7) is 4.21. The van der Waals surface area contributed by atoms with Crippen molar-refractivity contribution >= 4 is 5.91 Å². The average molecular weight is 1010 g/mol. The molecule has 0 saturated heterocycles. The van der Waals surface area contributed by atoms with Gasteiger partial charge in [-0.1, -0.05) is 322 Å². The van der Waals surface area contributed by atoms with Gasteiger partial charge in [0.25, 0.3) is 0 Å². The Balaban J connectivity index is 3.51. The molecule has 0 aromatic carbocycles. The molecule has 73 heavy (non-hydrogen) atoms. The molecule has 0 aliphatic rings. The van der Waals surface area contributed by atoms with Gasteiger partial charge >= 0.3 is 0 Å². The summed E-state index contributed by atoms with van der Waals surface area (Å²) in [7, 11) is 0. The smallest absolute Gasteiger partial charge is 0.220 e. The van der Waals surface area contributed by atoms with Crippen LogP contribution in [0.25, 0.3) is 0 Å². The van der Waals surface area contributed by atoms with Crippen molar-refractivity contribution in [2.75, 3.05) is 6.61 Å². The van der Waals surface area contributed by atoms with Gasteiger partial charge in [0, 0.05) is 6.42 Å². The molecule has 0 saturated carbocycles. The minimum absolute atomic E-state index is 0.0637. The van der Waals surface area contributed by atoms with Crippen LogP contribution in [0.3, 0.4) is 0 Å². The molecule has 1 amide bonds. The monoisotopic (exact) mass is 1010 g/mol. The Morgan fingerprint density at radius 3 is 0.904 bits per heavy atom. The quantitative estimate of drug-likeness (QED) is 0.0420. The summed E-state index contributed by atoms with van der Waals surface area (Å²) in [5.41, 5.74) is 0. The number of aliphatic hydroxyl groups is 2. The Labute approximate surface area is 455 Å². The standard InChI is InChI=1S/C69H121NO3/c1-3-5-7-9-11-13-15-17-19-21-23-25-26-27-28-29-30-31-32-33-34-35-36-37-38-39-40-41-42-43-44-45-47-49-51-53-55-57-59-61-63-65-69(73)70-67(66-71)68(72)64-62-60-58-56-54-52-50-48-46-24-22-20-18-16-14-12-10-8-6-4-2/h5,7,11,13,17,19,23,25,27-28,30-31,33-34,36-37,62,64,67-68,71-72H,3-4,6,8-10,12,14-16,18,20-22,24,26,29,32,35,38-61,63,65-66H2,1-2H3,(H,70,73)/b7-5-,13-11-,19-17-,25-23-,28-27-,31-30-,34-33-,37-36-,64-62+. The second-order valence-electron chi connectivity index (χ2n) is 21.1. The van der Waals surface area contributed by atoms with Crippen molar-refractivity contribution < 1.29 is 15.0 Å². The summed E-state index contributed by atoms with van der Waals surface area (Å²) >= 11 is 0. The maximum Gasteiger partial charge on any atom is 0.220 e. The molecule has 0 aliphatic carbocycles. The number of aliphatic hydroxyl groups excluding tert-OH is 2. The molecule has 2 unspecified atom stereocenters. The molecule has 0 aromatic rings. The van der Waals surface area contributed by atoms with Crippen LogP contribution in [0.15, 0.2) is 109 Å². The fourth-order valence-electron chi connectivity index (χ4n) is 9.26. The molecular weight excluding hydrogens is 891 g/mol. The second-order valence-corrected chi connectivity index (χ2v) is 21.1. The number of carbonyl (C=O) groups is 1. The van der Waals surface area contributed by atoms with Crippen molar-refractivity contribution in [3.63, 3.8) is 0 Å². The fourth-order valence-corrected chi connectivity index (χ4v) is 9.26. The van der Waals surface area contributed by atoms with E-state index in [1.807, 2.05) is 6.08 Å². The van der Waals surface area contributed by atoms with Crippen LogP contribution in [0.1, 0.15) is 303 Å². The first kappa shape index (κ1) is 70.1. The van der Waals surface area contributed by atoms with Crippen LogP contribution in [-0.4, -0.2) is 34.9 Å². The third-order valence-electron chi connectivity index (χ3n) is 14.0. The highest BCUT2D eigenvalue weighted by atomic mass is 16.3. The lowest BCUT2D eigenvalue weighted by Gasteiger charge is -2.20. The molecule has 0 rings (SSSR count). The summed E-state index contributed by atoms with van der Waals surface area (Å²) in [6, 6.07) is -0.627. The fraction of sp³-hybridized carbons (Fsp3) is 0.725. The zero-order chi connectivity index (χ0) is 52.7. The van der Waals surface area contributed by atoms with Crippen LogP contribution in [-0.2, 0) is 4.79 Å². The molecule has 3 N–H and O–H groups in total. The molecule has 2 atom stereocenters.